The Morgan fingerprint density at radius 2 is 1.38 bits per heavy atom. The van der Waals surface area contributed by atoms with E-state index in [2.05, 4.69) is 127 Å². The van der Waals surface area contributed by atoms with Crippen molar-refractivity contribution >= 4 is 5.78 Å². The summed E-state index contributed by atoms with van der Waals surface area (Å²) >= 11 is 0. The lowest BCUT2D eigenvalue weighted by Gasteiger charge is -2.38. The zero-order valence-corrected chi connectivity index (χ0v) is 30.1. The molecule has 0 aliphatic heterocycles. The third kappa shape index (κ3) is 6.41. The molecule has 7 nitrogen and oxygen atoms in total. The fourth-order valence-corrected chi connectivity index (χ4v) is 8.71. The Bertz CT molecular complexity index is 2150. The zero-order valence-electron chi connectivity index (χ0n) is 30.1. The molecule has 7 aromatic rings. The molecule has 0 radical (unpaired) electrons. The second-order valence-electron chi connectivity index (χ2n) is 14.3. The summed E-state index contributed by atoms with van der Waals surface area (Å²) in [4.78, 5) is 22.9. The van der Waals surface area contributed by atoms with Gasteiger partial charge in [0, 0.05) is 36.2 Å². The van der Waals surface area contributed by atoms with Crippen molar-refractivity contribution in [2.45, 2.75) is 62.8 Å². The molecule has 1 fully saturated rings. The summed E-state index contributed by atoms with van der Waals surface area (Å²) in [5, 5.41) is 14.7. The van der Waals surface area contributed by atoms with E-state index in [-0.39, 0.29) is 11.3 Å². The van der Waals surface area contributed by atoms with E-state index in [1.807, 2.05) is 36.7 Å². The Morgan fingerprint density at radius 3 is 1.96 bits per heavy atom. The third-order valence-electron chi connectivity index (χ3n) is 11.2. The second-order valence-corrected chi connectivity index (χ2v) is 14.3. The first kappa shape index (κ1) is 34.2. The van der Waals surface area contributed by atoms with Crippen LogP contribution in [0, 0.1) is 5.92 Å². The van der Waals surface area contributed by atoms with Crippen LogP contribution in [0.2, 0.25) is 0 Å². The molecule has 0 saturated heterocycles. The van der Waals surface area contributed by atoms with Crippen molar-refractivity contribution in [1.82, 2.24) is 30.2 Å². The highest BCUT2D eigenvalue weighted by Gasteiger charge is 2.44. The lowest BCUT2D eigenvalue weighted by molar-refractivity contribution is -0.119. The molecule has 264 valence electrons. The number of carbonyl (C=O) groups is 1. The molecule has 1 N–H and O–H groups in total. The number of ketones is 1. The van der Waals surface area contributed by atoms with Crippen molar-refractivity contribution in [3.05, 3.63) is 180 Å². The van der Waals surface area contributed by atoms with Crippen molar-refractivity contribution in [1.29, 1.82) is 0 Å². The summed E-state index contributed by atoms with van der Waals surface area (Å²) in [6, 6.07) is 48.4. The maximum atomic E-state index is 12.9. The predicted octanol–water partition coefficient (Wildman–Crippen LogP) is 9.61. The summed E-state index contributed by atoms with van der Waals surface area (Å²) in [7, 11) is 0. The number of imidazole rings is 1. The minimum atomic E-state index is -0.853. The molecule has 0 spiro atoms. The molecule has 0 amide bonds. The van der Waals surface area contributed by atoms with Gasteiger partial charge in [-0.15, -0.1) is 15.0 Å². The lowest BCUT2D eigenvalue weighted by atomic mass is 9.66. The maximum Gasteiger partial charge on any atom is 0.205 e. The number of aromatic amines is 1. The van der Waals surface area contributed by atoms with E-state index in [9.17, 15) is 4.79 Å². The van der Waals surface area contributed by atoms with Gasteiger partial charge in [-0.25, -0.2) is 4.98 Å². The molecular formula is C46H44N6O. The molecule has 1 aliphatic rings. The second kappa shape index (κ2) is 15.0. The third-order valence-corrected chi connectivity index (χ3v) is 11.2. The van der Waals surface area contributed by atoms with Gasteiger partial charge in [-0.2, -0.15) is 0 Å². The summed E-state index contributed by atoms with van der Waals surface area (Å²) in [5.74, 6) is 2.19. The number of nitrogens with one attached hydrogen (secondary N) is 1. The van der Waals surface area contributed by atoms with E-state index < -0.39 is 5.54 Å². The predicted molar refractivity (Wildman–Crippen MR) is 209 cm³/mol. The van der Waals surface area contributed by atoms with Crippen LogP contribution in [0.5, 0.6) is 0 Å². The van der Waals surface area contributed by atoms with Gasteiger partial charge in [0.05, 0.1) is 0 Å². The summed E-state index contributed by atoms with van der Waals surface area (Å²) in [5.41, 5.74) is 6.31. The number of benzene rings is 5. The van der Waals surface area contributed by atoms with Gasteiger partial charge in [-0.1, -0.05) is 153 Å². The van der Waals surface area contributed by atoms with Gasteiger partial charge in [0.25, 0.3) is 0 Å². The van der Waals surface area contributed by atoms with Crippen molar-refractivity contribution in [3.63, 3.8) is 0 Å². The van der Waals surface area contributed by atoms with Crippen LogP contribution in [0.3, 0.4) is 0 Å². The average Bonchev–Trinajstić information content (AvgIpc) is 3.91. The number of Topliss-reactive ketones (excluding diaryl/α,β-unsaturated/α-hetero) is 1. The zero-order chi connectivity index (χ0) is 36.1. The van der Waals surface area contributed by atoms with Crippen LogP contribution >= 0.6 is 0 Å². The Hall–Kier alpha value is -5.95. The number of rotatable bonds is 11. The van der Waals surface area contributed by atoms with Gasteiger partial charge in [0.2, 0.25) is 5.82 Å². The van der Waals surface area contributed by atoms with Gasteiger partial charge in [-0.05, 0) is 70.2 Å². The van der Waals surface area contributed by atoms with E-state index in [4.69, 9.17) is 20.4 Å². The number of tetrazole rings is 1. The molecular weight excluding hydrogens is 653 g/mol. The van der Waals surface area contributed by atoms with Gasteiger partial charge in [0.1, 0.15) is 11.6 Å². The largest absolute Gasteiger partial charge is 0.348 e. The number of nitrogens with zero attached hydrogens (tertiary/aromatic N) is 5. The van der Waals surface area contributed by atoms with Gasteiger partial charge < -0.3 is 4.98 Å². The number of hydrogen-bond donors (Lipinski definition) is 1. The number of hydrogen-bond acceptors (Lipinski definition) is 5. The highest BCUT2D eigenvalue weighted by Crippen LogP contribution is 2.46. The van der Waals surface area contributed by atoms with Crippen LogP contribution < -0.4 is 0 Å². The number of aromatic nitrogens is 6. The molecule has 8 rings (SSSR count). The lowest BCUT2D eigenvalue weighted by Crippen LogP contribution is -2.39. The van der Waals surface area contributed by atoms with Crippen molar-refractivity contribution < 1.29 is 4.79 Å². The maximum absolute atomic E-state index is 12.9. The first-order chi connectivity index (χ1) is 26.1. The Kier molecular flexibility index (Phi) is 9.64. The van der Waals surface area contributed by atoms with Crippen molar-refractivity contribution in [3.8, 4) is 22.5 Å². The number of H-pyrrole nitrogens is 1. The molecule has 2 unspecified atom stereocenters. The summed E-state index contributed by atoms with van der Waals surface area (Å²) < 4.78 is 0. The average molecular weight is 697 g/mol. The smallest absolute Gasteiger partial charge is 0.205 e. The minimum absolute atomic E-state index is 0.212. The first-order valence-electron chi connectivity index (χ1n) is 18.8. The van der Waals surface area contributed by atoms with Crippen LogP contribution in [-0.4, -0.2) is 36.0 Å². The van der Waals surface area contributed by atoms with E-state index in [1.165, 1.54) is 5.56 Å². The van der Waals surface area contributed by atoms with Crippen LogP contribution in [0.15, 0.2) is 152 Å². The molecule has 7 heteroatoms. The number of carbonyl (C=O) groups excluding carboxylic acids is 1. The fourth-order valence-electron chi connectivity index (χ4n) is 8.71. The van der Waals surface area contributed by atoms with Gasteiger partial charge >= 0.3 is 0 Å². The van der Waals surface area contributed by atoms with Gasteiger partial charge in [-0.3, -0.25) is 4.79 Å². The molecule has 1 aliphatic carbocycles. The summed E-state index contributed by atoms with van der Waals surface area (Å²) in [6.45, 7) is 2.22. The fraction of sp³-hybridized carbons (Fsp3) is 0.239. The Labute approximate surface area is 311 Å². The highest BCUT2D eigenvalue weighted by molar-refractivity contribution is 5.80. The Balaban J connectivity index is 1.18. The van der Waals surface area contributed by atoms with Crippen LogP contribution in [0.1, 0.15) is 73.5 Å². The molecule has 1 saturated carbocycles. The standard InChI is InChI=1S/C46H44N6O/c1-2-15-39-32-40(53)22-14-29-45(39,44-47-30-31-48-44)33-34-25-27-35(28-26-34)41-23-12-13-24-42(41)43-49-51-52(50-43)46(36-16-6-3-7-17-36,37-18-8-4-9-19-37)38-20-10-5-11-21-38/h3-13,16-21,23-28,30-31,39H,2,14-15,22,29,32-33H2,1H3,(H,47,48). The van der Waals surface area contributed by atoms with Crippen LogP contribution in [0.25, 0.3) is 22.5 Å². The van der Waals surface area contributed by atoms with Gasteiger partial charge in [0.15, 0.2) is 5.54 Å². The monoisotopic (exact) mass is 696 g/mol. The Morgan fingerprint density at radius 1 is 0.774 bits per heavy atom. The minimum Gasteiger partial charge on any atom is -0.348 e. The quantitative estimate of drug-likeness (QED) is 0.108. The normalized spacial score (nSPS) is 17.8. The van der Waals surface area contributed by atoms with Crippen LogP contribution in [0.4, 0.5) is 0 Å². The van der Waals surface area contributed by atoms with E-state index in [0.717, 1.165) is 71.3 Å². The molecule has 53 heavy (non-hydrogen) atoms. The van der Waals surface area contributed by atoms with E-state index >= 15 is 0 Å². The molecule has 2 heterocycles. The molecule has 5 aromatic carbocycles. The van der Waals surface area contributed by atoms with Crippen LogP contribution in [-0.2, 0) is 22.2 Å². The van der Waals surface area contributed by atoms with Crippen molar-refractivity contribution in [2.24, 2.45) is 5.92 Å². The van der Waals surface area contributed by atoms with Crippen molar-refractivity contribution in [2.75, 3.05) is 0 Å². The SMILES string of the molecule is CCCC1CC(=O)CCCC1(Cc1ccc(-c2ccccc2-c2nnn(C(c3ccccc3)(c3ccccc3)c3ccccc3)n2)cc1)c1ncc[nH]1. The van der Waals surface area contributed by atoms with E-state index in [0.29, 0.717) is 24.4 Å². The topological polar surface area (TPSA) is 89.3 Å². The summed E-state index contributed by atoms with van der Waals surface area (Å²) in [6.07, 6.45) is 9.74. The first-order valence-corrected chi connectivity index (χ1v) is 18.8. The molecule has 0 bridgehead atoms. The van der Waals surface area contributed by atoms with E-state index in [1.54, 1.807) is 4.80 Å². The highest BCUT2D eigenvalue weighted by atomic mass is 16.1. The molecule has 2 atom stereocenters. The molecule has 2 aromatic heterocycles.